The van der Waals surface area contributed by atoms with Crippen molar-refractivity contribution in [3.63, 3.8) is 0 Å². The predicted molar refractivity (Wildman–Crippen MR) is 83.0 cm³/mol. The topological polar surface area (TPSA) is 71.5 Å². The van der Waals surface area contributed by atoms with Crippen LogP contribution in [0.1, 0.15) is 25.5 Å². The summed E-state index contributed by atoms with van der Waals surface area (Å²) in [5.74, 6) is -0.139. The molecule has 1 fully saturated rings. The van der Waals surface area contributed by atoms with E-state index in [4.69, 9.17) is 4.74 Å². The molecule has 1 saturated heterocycles. The fourth-order valence-electron chi connectivity index (χ4n) is 2.31. The van der Waals surface area contributed by atoms with Crippen molar-refractivity contribution in [1.82, 2.24) is 15.2 Å². The Morgan fingerprint density at radius 1 is 1.41 bits per heavy atom. The smallest absolute Gasteiger partial charge is 0.409 e. The summed E-state index contributed by atoms with van der Waals surface area (Å²) in [5.41, 5.74) is 0.745. The van der Waals surface area contributed by atoms with Gasteiger partial charge >= 0.3 is 6.09 Å². The highest BCUT2D eigenvalue weighted by Crippen LogP contribution is 2.11. The van der Waals surface area contributed by atoms with E-state index in [9.17, 15) is 9.59 Å². The van der Waals surface area contributed by atoms with Gasteiger partial charge in [0.25, 0.3) is 0 Å². The molecule has 0 saturated carbocycles. The van der Waals surface area contributed by atoms with Crippen LogP contribution in [0.3, 0.4) is 0 Å². The standard InChI is InChI=1S/C16H21N3O3/c1-2-22-16(21)19-11-8-14(9-12-19)18-15(20)7-6-13-5-3-4-10-17-13/h3-7,10,14H,2,8-9,11-12H2,1H3,(H,18,20). The number of carbonyl (C=O) groups excluding carboxylic acids is 2. The number of nitrogens with zero attached hydrogens (tertiary/aromatic N) is 2. The third kappa shape index (κ3) is 4.87. The highest BCUT2D eigenvalue weighted by atomic mass is 16.6. The van der Waals surface area contributed by atoms with Crippen LogP contribution in [0.25, 0.3) is 6.08 Å². The van der Waals surface area contributed by atoms with E-state index in [1.807, 2.05) is 18.2 Å². The number of pyridine rings is 1. The van der Waals surface area contributed by atoms with E-state index in [0.717, 1.165) is 18.5 Å². The maximum absolute atomic E-state index is 11.9. The van der Waals surface area contributed by atoms with E-state index in [2.05, 4.69) is 10.3 Å². The minimum absolute atomic E-state index is 0.0894. The van der Waals surface area contributed by atoms with Crippen molar-refractivity contribution in [2.45, 2.75) is 25.8 Å². The van der Waals surface area contributed by atoms with Crippen LogP contribution >= 0.6 is 0 Å². The number of aromatic nitrogens is 1. The molecule has 1 N–H and O–H groups in total. The molecule has 0 bridgehead atoms. The van der Waals surface area contributed by atoms with Gasteiger partial charge in [-0.3, -0.25) is 9.78 Å². The van der Waals surface area contributed by atoms with Crippen LogP contribution in [0.2, 0.25) is 0 Å². The molecule has 2 amide bonds. The minimum atomic E-state index is -0.276. The average molecular weight is 303 g/mol. The van der Waals surface area contributed by atoms with Crippen LogP contribution in [-0.2, 0) is 9.53 Å². The third-order valence-electron chi connectivity index (χ3n) is 3.46. The number of nitrogens with one attached hydrogen (secondary N) is 1. The number of amides is 2. The summed E-state index contributed by atoms with van der Waals surface area (Å²) in [5, 5.41) is 2.95. The van der Waals surface area contributed by atoms with Gasteiger partial charge in [0.05, 0.1) is 12.3 Å². The number of rotatable bonds is 4. The second kappa shape index (κ2) is 8.17. The SMILES string of the molecule is CCOC(=O)N1CCC(NC(=O)C=Cc2ccccn2)CC1. The Morgan fingerprint density at radius 2 is 2.18 bits per heavy atom. The second-order valence-corrected chi connectivity index (χ2v) is 5.06. The Labute approximate surface area is 130 Å². The van der Waals surface area contributed by atoms with E-state index in [1.54, 1.807) is 24.1 Å². The molecule has 22 heavy (non-hydrogen) atoms. The van der Waals surface area contributed by atoms with E-state index in [-0.39, 0.29) is 18.0 Å². The summed E-state index contributed by atoms with van der Waals surface area (Å²) in [6, 6.07) is 5.62. The van der Waals surface area contributed by atoms with E-state index < -0.39 is 0 Å². The molecule has 1 aromatic rings. The van der Waals surface area contributed by atoms with Gasteiger partial charge in [0.15, 0.2) is 0 Å². The number of likely N-dealkylation sites (tertiary alicyclic amines) is 1. The Bertz CT molecular complexity index is 523. The van der Waals surface area contributed by atoms with Crippen molar-refractivity contribution in [1.29, 1.82) is 0 Å². The molecule has 0 spiro atoms. The van der Waals surface area contributed by atoms with Gasteiger partial charge in [0.1, 0.15) is 0 Å². The first-order chi connectivity index (χ1) is 10.7. The van der Waals surface area contributed by atoms with Gasteiger partial charge in [-0.15, -0.1) is 0 Å². The quantitative estimate of drug-likeness (QED) is 0.861. The van der Waals surface area contributed by atoms with Crippen molar-refractivity contribution in [2.24, 2.45) is 0 Å². The largest absolute Gasteiger partial charge is 0.450 e. The molecule has 118 valence electrons. The van der Waals surface area contributed by atoms with Crippen LogP contribution in [-0.4, -0.2) is 47.6 Å². The number of carbonyl (C=O) groups is 2. The van der Waals surface area contributed by atoms with Gasteiger partial charge in [-0.25, -0.2) is 4.79 Å². The molecule has 0 aromatic carbocycles. The van der Waals surface area contributed by atoms with Gasteiger partial charge in [0, 0.05) is 31.4 Å². The predicted octanol–water partition coefficient (Wildman–Crippen LogP) is 1.83. The Kier molecular flexibility index (Phi) is 5.94. The summed E-state index contributed by atoms with van der Waals surface area (Å²) in [6.45, 7) is 3.38. The van der Waals surface area contributed by atoms with Crippen molar-refractivity contribution in [3.8, 4) is 0 Å². The molecule has 6 heteroatoms. The van der Waals surface area contributed by atoms with Crippen LogP contribution in [0.15, 0.2) is 30.5 Å². The summed E-state index contributed by atoms with van der Waals surface area (Å²) in [7, 11) is 0. The lowest BCUT2D eigenvalue weighted by Crippen LogP contribution is -2.46. The molecule has 0 radical (unpaired) electrons. The normalized spacial score (nSPS) is 15.8. The summed E-state index contributed by atoms with van der Waals surface area (Å²) >= 11 is 0. The highest BCUT2D eigenvalue weighted by Gasteiger charge is 2.23. The van der Waals surface area contributed by atoms with Crippen molar-refractivity contribution < 1.29 is 14.3 Å². The lowest BCUT2D eigenvalue weighted by Gasteiger charge is -2.31. The second-order valence-electron chi connectivity index (χ2n) is 5.06. The average Bonchev–Trinajstić information content (AvgIpc) is 2.55. The number of ether oxygens (including phenoxy) is 1. The van der Waals surface area contributed by atoms with E-state index in [0.29, 0.717) is 19.7 Å². The van der Waals surface area contributed by atoms with Crippen molar-refractivity contribution >= 4 is 18.1 Å². The van der Waals surface area contributed by atoms with Crippen LogP contribution < -0.4 is 5.32 Å². The molecule has 1 aromatic heterocycles. The molecule has 0 aliphatic carbocycles. The molecule has 1 aliphatic rings. The van der Waals surface area contributed by atoms with E-state index >= 15 is 0 Å². The van der Waals surface area contributed by atoms with Gasteiger partial charge in [-0.05, 0) is 38.0 Å². The summed E-state index contributed by atoms with van der Waals surface area (Å²) in [4.78, 5) is 29.3. The summed E-state index contributed by atoms with van der Waals surface area (Å²) < 4.78 is 4.97. The maximum Gasteiger partial charge on any atom is 0.409 e. The number of piperidine rings is 1. The molecule has 2 rings (SSSR count). The molecule has 2 heterocycles. The maximum atomic E-state index is 11.9. The molecule has 1 aliphatic heterocycles. The van der Waals surface area contributed by atoms with Gasteiger partial charge in [-0.1, -0.05) is 6.07 Å². The Morgan fingerprint density at radius 3 is 2.82 bits per heavy atom. The fourth-order valence-corrected chi connectivity index (χ4v) is 2.31. The van der Waals surface area contributed by atoms with Gasteiger partial charge in [0.2, 0.25) is 5.91 Å². The zero-order valence-electron chi connectivity index (χ0n) is 12.7. The van der Waals surface area contributed by atoms with Gasteiger partial charge < -0.3 is 15.0 Å². The summed E-state index contributed by atoms with van der Waals surface area (Å²) in [6.07, 6.45) is 6.05. The van der Waals surface area contributed by atoms with Crippen molar-refractivity contribution in [2.75, 3.05) is 19.7 Å². The lowest BCUT2D eigenvalue weighted by atomic mass is 10.1. The Balaban J connectivity index is 1.75. The lowest BCUT2D eigenvalue weighted by molar-refractivity contribution is -0.117. The molecular formula is C16H21N3O3. The van der Waals surface area contributed by atoms with Crippen LogP contribution in [0.5, 0.6) is 0 Å². The zero-order valence-corrected chi connectivity index (χ0v) is 12.7. The zero-order chi connectivity index (χ0) is 15.8. The first-order valence-electron chi connectivity index (χ1n) is 7.50. The van der Waals surface area contributed by atoms with Crippen LogP contribution in [0.4, 0.5) is 4.79 Å². The highest BCUT2D eigenvalue weighted by molar-refractivity contribution is 5.91. The van der Waals surface area contributed by atoms with Crippen LogP contribution in [0, 0.1) is 0 Å². The Hall–Kier alpha value is -2.37. The fraction of sp³-hybridized carbons (Fsp3) is 0.438. The van der Waals surface area contributed by atoms with Gasteiger partial charge in [-0.2, -0.15) is 0 Å². The number of hydrogen-bond donors (Lipinski definition) is 1. The first kappa shape index (κ1) is 16.0. The molecule has 6 nitrogen and oxygen atoms in total. The number of hydrogen-bond acceptors (Lipinski definition) is 4. The minimum Gasteiger partial charge on any atom is -0.450 e. The van der Waals surface area contributed by atoms with E-state index in [1.165, 1.54) is 6.08 Å². The molecule has 0 atom stereocenters. The first-order valence-corrected chi connectivity index (χ1v) is 7.50. The van der Waals surface area contributed by atoms with Crippen molar-refractivity contribution in [3.05, 3.63) is 36.2 Å². The molecular weight excluding hydrogens is 282 g/mol. The molecule has 0 unspecified atom stereocenters. The third-order valence-corrected chi connectivity index (χ3v) is 3.46. The monoisotopic (exact) mass is 303 g/mol.